The first kappa shape index (κ1) is 16.7. The summed E-state index contributed by atoms with van der Waals surface area (Å²) in [6.07, 6.45) is 0. The van der Waals surface area contributed by atoms with Crippen LogP contribution in [0.15, 0.2) is 48.5 Å². The molecule has 5 nitrogen and oxygen atoms in total. The minimum atomic E-state index is -0.158. The lowest BCUT2D eigenvalue weighted by molar-refractivity contribution is 0.0926. The molecule has 2 aromatic carbocycles. The molecule has 0 heterocycles. The lowest BCUT2D eigenvalue weighted by Gasteiger charge is -2.15. The van der Waals surface area contributed by atoms with Crippen LogP contribution in [0.3, 0.4) is 0 Å². The van der Waals surface area contributed by atoms with E-state index < -0.39 is 0 Å². The fourth-order valence-electron chi connectivity index (χ4n) is 2.01. The summed E-state index contributed by atoms with van der Waals surface area (Å²) >= 11 is 0. The summed E-state index contributed by atoms with van der Waals surface area (Å²) in [5.74, 6) is 2.00. The predicted octanol–water partition coefficient (Wildman–Crippen LogP) is 2.90. The van der Waals surface area contributed by atoms with Gasteiger partial charge in [0.25, 0.3) is 5.91 Å². The van der Waals surface area contributed by atoms with Crippen LogP contribution in [0, 0.1) is 0 Å². The molecular formula is C18H21NO4. The number of amides is 1. The van der Waals surface area contributed by atoms with Crippen LogP contribution in [0.2, 0.25) is 0 Å². The second kappa shape index (κ2) is 8.08. The Morgan fingerprint density at radius 1 is 1.00 bits per heavy atom. The van der Waals surface area contributed by atoms with Crippen molar-refractivity contribution >= 4 is 5.91 Å². The van der Waals surface area contributed by atoms with E-state index in [4.69, 9.17) is 14.2 Å². The second-order valence-electron chi connectivity index (χ2n) is 5.09. The van der Waals surface area contributed by atoms with Gasteiger partial charge in [-0.25, -0.2) is 0 Å². The van der Waals surface area contributed by atoms with E-state index in [9.17, 15) is 4.79 Å². The zero-order valence-corrected chi connectivity index (χ0v) is 13.5. The molecule has 0 aliphatic rings. The molecular weight excluding hydrogens is 294 g/mol. The molecule has 0 aliphatic carbocycles. The van der Waals surface area contributed by atoms with Gasteiger partial charge in [0.05, 0.1) is 20.3 Å². The van der Waals surface area contributed by atoms with Crippen molar-refractivity contribution in [3.63, 3.8) is 0 Å². The highest BCUT2D eigenvalue weighted by atomic mass is 16.5. The zero-order valence-electron chi connectivity index (χ0n) is 13.5. The number of benzene rings is 2. The van der Waals surface area contributed by atoms with E-state index in [0.717, 1.165) is 11.5 Å². The van der Waals surface area contributed by atoms with Gasteiger partial charge >= 0.3 is 0 Å². The van der Waals surface area contributed by atoms with E-state index in [1.807, 2.05) is 31.2 Å². The Hall–Kier alpha value is -2.69. The highest BCUT2D eigenvalue weighted by molar-refractivity contribution is 5.94. The molecule has 0 fully saturated rings. The number of methoxy groups -OCH3 is 2. The third-order valence-electron chi connectivity index (χ3n) is 3.27. The van der Waals surface area contributed by atoms with Crippen molar-refractivity contribution in [3.8, 4) is 17.2 Å². The Morgan fingerprint density at radius 2 is 1.65 bits per heavy atom. The van der Waals surface area contributed by atoms with Crippen LogP contribution in [0.1, 0.15) is 17.3 Å². The Morgan fingerprint density at radius 3 is 2.30 bits per heavy atom. The van der Waals surface area contributed by atoms with Crippen molar-refractivity contribution < 1.29 is 19.0 Å². The Labute approximate surface area is 136 Å². The quantitative estimate of drug-likeness (QED) is 0.853. The number of hydrogen-bond acceptors (Lipinski definition) is 4. The number of hydrogen-bond donors (Lipinski definition) is 1. The van der Waals surface area contributed by atoms with Crippen molar-refractivity contribution in [2.24, 2.45) is 0 Å². The van der Waals surface area contributed by atoms with E-state index in [1.165, 1.54) is 0 Å². The van der Waals surface area contributed by atoms with Gasteiger partial charge in [-0.2, -0.15) is 0 Å². The molecule has 2 aromatic rings. The number of nitrogens with one attached hydrogen (secondary N) is 1. The highest BCUT2D eigenvalue weighted by Crippen LogP contribution is 2.17. The zero-order chi connectivity index (χ0) is 16.7. The molecule has 0 saturated heterocycles. The molecule has 0 aromatic heterocycles. The number of ether oxygens (including phenoxy) is 3. The van der Waals surface area contributed by atoms with E-state index in [2.05, 4.69) is 5.32 Å². The molecule has 0 radical (unpaired) electrons. The van der Waals surface area contributed by atoms with E-state index >= 15 is 0 Å². The van der Waals surface area contributed by atoms with E-state index in [-0.39, 0.29) is 11.9 Å². The number of carbonyl (C=O) groups is 1. The molecule has 23 heavy (non-hydrogen) atoms. The van der Waals surface area contributed by atoms with Crippen LogP contribution >= 0.6 is 0 Å². The van der Waals surface area contributed by atoms with Gasteiger partial charge in [-0.05, 0) is 49.4 Å². The van der Waals surface area contributed by atoms with Gasteiger partial charge in [0.1, 0.15) is 23.9 Å². The summed E-state index contributed by atoms with van der Waals surface area (Å²) in [6.45, 7) is 2.27. The molecule has 0 spiro atoms. The molecule has 2 rings (SSSR count). The van der Waals surface area contributed by atoms with E-state index in [0.29, 0.717) is 17.9 Å². The Balaban J connectivity index is 1.85. The van der Waals surface area contributed by atoms with Gasteiger partial charge in [-0.15, -0.1) is 0 Å². The highest BCUT2D eigenvalue weighted by Gasteiger charge is 2.11. The van der Waals surface area contributed by atoms with Crippen LogP contribution in [0.5, 0.6) is 17.2 Å². The van der Waals surface area contributed by atoms with Crippen molar-refractivity contribution in [3.05, 3.63) is 54.1 Å². The van der Waals surface area contributed by atoms with Gasteiger partial charge < -0.3 is 19.5 Å². The summed E-state index contributed by atoms with van der Waals surface area (Å²) in [4.78, 5) is 12.2. The SMILES string of the molecule is COc1ccc(OC[C@H](C)NC(=O)c2cccc(OC)c2)cc1. The van der Waals surface area contributed by atoms with Crippen molar-refractivity contribution in [2.45, 2.75) is 13.0 Å². The fourth-order valence-corrected chi connectivity index (χ4v) is 2.01. The molecule has 0 bridgehead atoms. The average molecular weight is 315 g/mol. The predicted molar refractivity (Wildman–Crippen MR) is 88.4 cm³/mol. The number of rotatable bonds is 7. The second-order valence-corrected chi connectivity index (χ2v) is 5.09. The van der Waals surface area contributed by atoms with Crippen LogP contribution in [0.4, 0.5) is 0 Å². The summed E-state index contributed by atoms with van der Waals surface area (Å²) in [7, 11) is 3.19. The Bertz CT molecular complexity index is 640. The fraction of sp³-hybridized carbons (Fsp3) is 0.278. The van der Waals surface area contributed by atoms with Crippen LogP contribution in [0.25, 0.3) is 0 Å². The lowest BCUT2D eigenvalue weighted by atomic mass is 10.2. The maximum absolute atomic E-state index is 12.2. The smallest absolute Gasteiger partial charge is 0.251 e. The molecule has 0 saturated carbocycles. The lowest BCUT2D eigenvalue weighted by Crippen LogP contribution is -2.36. The van der Waals surface area contributed by atoms with E-state index in [1.54, 1.807) is 38.5 Å². The molecule has 1 amide bonds. The molecule has 1 atom stereocenters. The summed E-state index contributed by atoms with van der Waals surface area (Å²) in [5, 5.41) is 2.90. The van der Waals surface area contributed by atoms with Gasteiger partial charge in [-0.3, -0.25) is 4.79 Å². The molecule has 1 N–H and O–H groups in total. The number of carbonyl (C=O) groups excluding carboxylic acids is 1. The minimum Gasteiger partial charge on any atom is -0.497 e. The van der Waals surface area contributed by atoms with Crippen LogP contribution < -0.4 is 19.5 Å². The summed E-state index contributed by atoms with van der Waals surface area (Å²) in [6, 6.07) is 14.2. The van der Waals surface area contributed by atoms with Crippen molar-refractivity contribution in [1.82, 2.24) is 5.32 Å². The first-order valence-corrected chi connectivity index (χ1v) is 7.34. The molecule has 0 unspecified atom stereocenters. The maximum atomic E-state index is 12.2. The van der Waals surface area contributed by atoms with Crippen molar-refractivity contribution in [2.75, 3.05) is 20.8 Å². The average Bonchev–Trinajstić information content (AvgIpc) is 2.60. The monoisotopic (exact) mass is 315 g/mol. The first-order chi connectivity index (χ1) is 11.1. The van der Waals surface area contributed by atoms with Crippen LogP contribution in [-0.4, -0.2) is 32.8 Å². The maximum Gasteiger partial charge on any atom is 0.251 e. The largest absolute Gasteiger partial charge is 0.497 e. The first-order valence-electron chi connectivity index (χ1n) is 7.34. The van der Waals surface area contributed by atoms with Gasteiger partial charge in [0, 0.05) is 5.56 Å². The topological polar surface area (TPSA) is 56.8 Å². The summed E-state index contributed by atoms with van der Waals surface area (Å²) in [5.41, 5.74) is 0.556. The Kier molecular flexibility index (Phi) is 5.86. The minimum absolute atomic E-state index is 0.129. The standard InChI is InChI=1S/C18H21NO4/c1-13(12-23-16-9-7-15(21-2)8-10-16)19-18(20)14-5-4-6-17(11-14)22-3/h4-11,13H,12H2,1-3H3,(H,19,20)/t13-/m0/s1. The summed E-state index contributed by atoms with van der Waals surface area (Å²) < 4.78 is 15.9. The third-order valence-corrected chi connectivity index (χ3v) is 3.27. The van der Waals surface area contributed by atoms with Gasteiger partial charge in [0.15, 0.2) is 0 Å². The molecule has 0 aliphatic heterocycles. The molecule has 122 valence electrons. The van der Waals surface area contributed by atoms with Crippen molar-refractivity contribution in [1.29, 1.82) is 0 Å². The molecule has 5 heteroatoms. The normalized spacial score (nSPS) is 11.4. The third kappa shape index (κ3) is 4.92. The van der Waals surface area contributed by atoms with Gasteiger partial charge in [-0.1, -0.05) is 6.07 Å². The van der Waals surface area contributed by atoms with Gasteiger partial charge in [0.2, 0.25) is 0 Å². The van der Waals surface area contributed by atoms with Crippen LogP contribution in [-0.2, 0) is 0 Å².